The molecule has 0 bridgehead atoms. The number of hydroxylamine groups is 1. The summed E-state index contributed by atoms with van der Waals surface area (Å²) >= 11 is 0. The number of carbonyl (C=O) groups excluding carboxylic acids is 2. The van der Waals surface area contributed by atoms with Gasteiger partial charge in [0.1, 0.15) is 17.7 Å². The second kappa shape index (κ2) is 9.19. The molecule has 0 saturated carbocycles. The zero-order chi connectivity index (χ0) is 24.5. The van der Waals surface area contributed by atoms with Crippen molar-refractivity contribution < 1.29 is 24.1 Å². The molecular weight excluding hydrogens is 450 g/mol. The van der Waals surface area contributed by atoms with Crippen LogP contribution in [0.3, 0.4) is 0 Å². The summed E-state index contributed by atoms with van der Waals surface area (Å²) in [6.07, 6.45) is -0.250. The van der Waals surface area contributed by atoms with Crippen molar-refractivity contribution in [1.29, 1.82) is 0 Å². The van der Waals surface area contributed by atoms with Crippen LogP contribution in [0.15, 0.2) is 78.9 Å². The van der Waals surface area contributed by atoms with Crippen LogP contribution in [0.25, 0.3) is 0 Å². The van der Waals surface area contributed by atoms with E-state index in [1.165, 1.54) is 11.1 Å². The first kappa shape index (κ1) is 22.5. The van der Waals surface area contributed by atoms with Gasteiger partial charge in [-0.25, -0.2) is 9.96 Å². The molecule has 0 radical (unpaired) electrons. The van der Waals surface area contributed by atoms with Gasteiger partial charge in [-0.3, -0.25) is 24.5 Å². The summed E-state index contributed by atoms with van der Waals surface area (Å²) in [7, 11) is 0. The number of rotatable bonds is 7. The smallest absolute Gasteiger partial charge is 0.274 e. The summed E-state index contributed by atoms with van der Waals surface area (Å²) in [5.41, 5.74) is 1.16. The minimum atomic E-state index is -1.11. The number of amides is 2. The van der Waals surface area contributed by atoms with Crippen LogP contribution in [0.5, 0.6) is 5.75 Å². The number of hydrogen-bond donors (Lipinski definition) is 0. The third kappa shape index (κ3) is 3.89. The van der Waals surface area contributed by atoms with Gasteiger partial charge in [0.05, 0.1) is 28.5 Å². The zero-order valence-electron chi connectivity index (χ0n) is 18.9. The standard InChI is InChI=1S/C26H23N3O6/c1-2-16-34-19-14-12-17(13-15-19)27-25(30)22-23(20-10-6-7-11-21(20)29(32)33)28(35-24(22)26(27)31)18-8-4-3-5-9-18/h3-15,22-24H,2,16H2,1H3/t22-,23+,24+/m0/s1. The number of nitrogens with zero attached hydrogens (tertiary/aromatic N) is 3. The molecule has 2 aliphatic heterocycles. The fourth-order valence-electron chi connectivity index (χ4n) is 4.60. The lowest BCUT2D eigenvalue weighted by atomic mass is 9.89. The van der Waals surface area contributed by atoms with E-state index in [-0.39, 0.29) is 5.69 Å². The van der Waals surface area contributed by atoms with Crippen LogP contribution in [0.4, 0.5) is 17.1 Å². The van der Waals surface area contributed by atoms with Crippen molar-refractivity contribution in [2.24, 2.45) is 5.92 Å². The molecule has 2 saturated heterocycles. The Bertz CT molecular complexity index is 1260. The monoisotopic (exact) mass is 473 g/mol. The van der Waals surface area contributed by atoms with E-state index in [1.807, 2.05) is 13.0 Å². The number of carbonyl (C=O) groups is 2. The fourth-order valence-corrected chi connectivity index (χ4v) is 4.60. The molecule has 0 N–H and O–H groups in total. The molecule has 178 valence electrons. The lowest BCUT2D eigenvalue weighted by Gasteiger charge is -2.28. The van der Waals surface area contributed by atoms with Crippen molar-refractivity contribution in [1.82, 2.24) is 0 Å². The van der Waals surface area contributed by atoms with E-state index in [1.54, 1.807) is 66.7 Å². The molecule has 0 spiro atoms. The second-order valence-electron chi connectivity index (χ2n) is 8.33. The molecule has 0 aromatic heterocycles. The number of nitro groups is 1. The molecular formula is C26H23N3O6. The Kier molecular flexibility index (Phi) is 5.92. The van der Waals surface area contributed by atoms with Gasteiger partial charge >= 0.3 is 0 Å². The highest BCUT2D eigenvalue weighted by Gasteiger charge is 2.61. The van der Waals surface area contributed by atoms with Gasteiger partial charge in [-0.2, -0.15) is 0 Å². The van der Waals surface area contributed by atoms with E-state index < -0.39 is 34.8 Å². The van der Waals surface area contributed by atoms with E-state index in [2.05, 4.69) is 0 Å². The number of imide groups is 1. The molecule has 9 heteroatoms. The number of ether oxygens (including phenoxy) is 1. The van der Waals surface area contributed by atoms with Crippen molar-refractivity contribution in [2.45, 2.75) is 25.5 Å². The summed E-state index contributed by atoms with van der Waals surface area (Å²) in [5.74, 6) is -1.30. The maximum Gasteiger partial charge on any atom is 0.274 e. The Morgan fingerprint density at radius 3 is 2.29 bits per heavy atom. The van der Waals surface area contributed by atoms with Crippen molar-refractivity contribution in [3.8, 4) is 5.75 Å². The zero-order valence-corrected chi connectivity index (χ0v) is 18.9. The molecule has 2 fully saturated rings. The Morgan fingerprint density at radius 1 is 0.914 bits per heavy atom. The van der Waals surface area contributed by atoms with Crippen molar-refractivity contribution in [2.75, 3.05) is 16.6 Å². The van der Waals surface area contributed by atoms with Gasteiger partial charge in [0.2, 0.25) is 5.91 Å². The lowest BCUT2D eigenvalue weighted by Crippen LogP contribution is -2.37. The molecule has 3 aromatic rings. The van der Waals surface area contributed by atoms with Gasteiger partial charge in [-0.15, -0.1) is 0 Å². The van der Waals surface area contributed by atoms with Gasteiger partial charge in [-0.05, 0) is 48.9 Å². The lowest BCUT2D eigenvalue weighted by molar-refractivity contribution is -0.385. The van der Waals surface area contributed by atoms with Gasteiger partial charge in [0.15, 0.2) is 6.10 Å². The largest absolute Gasteiger partial charge is 0.494 e. The molecule has 3 atom stereocenters. The van der Waals surface area contributed by atoms with Gasteiger partial charge < -0.3 is 4.74 Å². The van der Waals surface area contributed by atoms with Gasteiger partial charge in [0, 0.05) is 6.07 Å². The second-order valence-corrected chi connectivity index (χ2v) is 8.33. The predicted molar refractivity (Wildman–Crippen MR) is 128 cm³/mol. The van der Waals surface area contributed by atoms with Crippen molar-refractivity contribution in [3.63, 3.8) is 0 Å². The minimum Gasteiger partial charge on any atom is -0.494 e. The molecule has 9 nitrogen and oxygen atoms in total. The number of para-hydroxylation sites is 2. The van der Waals surface area contributed by atoms with E-state index >= 15 is 0 Å². The number of nitro benzene ring substituents is 1. The highest BCUT2D eigenvalue weighted by molar-refractivity contribution is 6.24. The van der Waals surface area contributed by atoms with Crippen molar-refractivity contribution >= 4 is 28.9 Å². The molecule has 2 amide bonds. The number of benzene rings is 3. The summed E-state index contributed by atoms with van der Waals surface area (Å²) in [4.78, 5) is 45.6. The SMILES string of the molecule is CCCOc1ccc(N2C(=O)[C@H]3[C@@H](c4ccccc4[N+](=O)[O-])N(c4ccccc4)O[C@H]3C2=O)cc1. The van der Waals surface area contributed by atoms with Crippen LogP contribution >= 0.6 is 0 Å². The predicted octanol–water partition coefficient (Wildman–Crippen LogP) is 4.43. The summed E-state index contributed by atoms with van der Waals surface area (Å²) in [6, 6.07) is 21.0. The first-order valence-corrected chi connectivity index (χ1v) is 11.4. The van der Waals surface area contributed by atoms with E-state index in [0.29, 0.717) is 29.3 Å². The first-order valence-electron chi connectivity index (χ1n) is 11.4. The van der Waals surface area contributed by atoms with Crippen LogP contribution in [-0.4, -0.2) is 29.4 Å². The third-order valence-electron chi connectivity index (χ3n) is 6.15. The Morgan fingerprint density at radius 2 is 1.60 bits per heavy atom. The van der Waals surface area contributed by atoms with Crippen LogP contribution in [0, 0.1) is 16.0 Å². The molecule has 0 aliphatic carbocycles. The highest BCUT2D eigenvalue weighted by atomic mass is 16.7. The van der Waals surface area contributed by atoms with Crippen LogP contribution in [-0.2, 0) is 14.4 Å². The molecule has 2 aliphatic rings. The molecule has 5 rings (SSSR count). The van der Waals surface area contributed by atoms with E-state index in [4.69, 9.17) is 9.57 Å². The van der Waals surface area contributed by atoms with Crippen LogP contribution in [0.2, 0.25) is 0 Å². The number of hydrogen-bond acceptors (Lipinski definition) is 7. The Hall–Kier alpha value is -4.24. The average Bonchev–Trinajstić information content (AvgIpc) is 3.39. The van der Waals surface area contributed by atoms with Crippen LogP contribution in [0.1, 0.15) is 24.9 Å². The van der Waals surface area contributed by atoms with Crippen LogP contribution < -0.4 is 14.7 Å². The first-order chi connectivity index (χ1) is 17.0. The molecule has 2 heterocycles. The highest BCUT2D eigenvalue weighted by Crippen LogP contribution is 2.49. The topological polar surface area (TPSA) is 102 Å². The third-order valence-corrected chi connectivity index (χ3v) is 6.15. The summed E-state index contributed by atoms with van der Waals surface area (Å²) < 4.78 is 5.59. The molecule has 0 unspecified atom stereocenters. The fraction of sp³-hybridized carbons (Fsp3) is 0.231. The van der Waals surface area contributed by atoms with E-state index in [9.17, 15) is 19.7 Å². The molecule has 3 aromatic carbocycles. The Balaban J connectivity index is 1.55. The average molecular weight is 473 g/mol. The number of anilines is 2. The summed E-state index contributed by atoms with van der Waals surface area (Å²) in [5, 5.41) is 13.3. The maximum absolute atomic E-state index is 13.7. The maximum atomic E-state index is 13.7. The normalized spacial score (nSPS) is 21.3. The van der Waals surface area contributed by atoms with Gasteiger partial charge in [0.25, 0.3) is 11.6 Å². The molecule has 35 heavy (non-hydrogen) atoms. The van der Waals surface area contributed by atoms with E-state index in [0.717, 1.165) is 11.3 Å². The minimum absolute atomic E-state index is 0.140. The summed E-state index contributed by atoms with van der Waals surface area (Å²) in [6.45, 7) is 2.56. The quantitative estimate of drug-likeness (QED) is 0.284. The Labute approximate surface area is 201 Å². The van der Waals surface area contributed by atoms with Crippen molar-refractivity contribution in [3.05, 3.63) is 94.5 Å². The van der Waals surface area contributed by atoms with Gasteiger partial charge in [-0.1, -0.05) is 37.3 Å². The number of fused-ring (bicyclic) bond motifs is 1.